The largest absolute Gasteiger partial charge is 0.395 e. The molecule has 1 fully saturated rings. The molecule has 1 heterocycles. The van der Waals surface area contributed by atoms with Gasteiger partial charge in [-0.15, -0.1) is 0 Å². The van der Waals surface area contributed by atoms with Gasteiger partial charge in [0.1, 0.15) is 0 Å². The summed E-state index contributed by atoms with van der Waals surface area (Å²) < 4.78 is 5.45. The molecule has 0 aliphatic carbocycles. The Morgan fingerprint density at radius 2 is 1.68 bits per heavy atom. The zero-order valence-corrected chi connectivity index (χ0v) is 12.6. The van der Waals surface area contributed by atoms with Gasteiger partial charge in [-0.25, -0.2) is 0 Å². The fourth-order valence-electron chi connectivity index (χ4n) is 2.71. The number of aliphatic hydroxyl groups is 1. The van der Waals surface area contributed by atoms with Crippen molar-refractivity contribution in [3.63, 3.8) is 0 Å². The predicted molar refractivity (Wildman–Crippen MR) is 88.6 cm³/mol. The summed E-state index contributed by atoms with van der Waals surface area (Å²) in [5.41, 5.74) is 4.77. The zero-order chi connectivity index (χ0) is 15.2. The van der Waals surface area contributed by atoms with Crippen LogP contribution in [-0.4, -0.2) is 24.9 Å². The summed E-state index contributed by atoms with van der Waals surface area (Å²) in [4.78, 5) is 0. The second-order valence-corrected chi connectivity index (χ2v) is 5.54. The Balaban J connectivity index is 1.72. The van der Waals surface area contributed by atoms with Gasteiger partial charge in [0.05, 0.1) is 13.2 Å². The van der Waals surface area contributed by atoms with Crippen LogP contribution in [-0.2, 0) is 4.74 Å². The van der Waals surface area contributed by atoms with Crippen LogP contribution >= 0.6 is 0 Å². The van der Waals surface area contributed by atoms with E-state index >= 15 is 0 Å². The molecule has 1 saturated heterocycles. The van der Waals surface area contributed by atoms with Gasteiger partial charge in [-0.2, -0.15) is 0 Å². The molecule has 2 heteroatoms. The number of aliphatic hydroxyl groups excluding tert-OH is 1. The van der Waals surface area contributed by atoms with E-state index in [0.29, 0.717) is 12.3 Å². The van der Waals surface area contributed by atoms with Crippen LogP contribution in [0.25, 0.3) is 11.1 Å². The van der Waals surface area contributed by atoms with Crippen molar-refractivity contribution < 1.29 is 9.84 Å². The first-order chi connectivity index (χ1) is 10.9. The van der Waals surface area contributed by atoms with Gasteiger partial charge in [0.2, 0.25) is 0 Å². The second kappa shape index (κ2) is 7.26. The minimum Gasteiger partial charge on any atom is -0.395 e. The molecular formula is C20H20O2. The van der Waals surface area contributed by atoms with Gasteiger partial charge >= 0.3 is 0 Å². The lowest BCUT2D eigenvalue weighted by molar-refractivity contribution is 0.194. The molecule has 2 aromatic rings. The average molecular weight is 292 g/mol. The van der Waals surface area contributed by atoms with Crippen molar-refractivity contribution in [1.29, 1.82) is 0 Å². The van der Waals surface area contributed by atoms with Crippen molar-refractivity contribution in [2.75, 3.05) is 19.8 Å². The van der Waals surface area contributed by atoms with E-state index in [1.54, 1.807) is 0 Å². The van der Waals surface area contributed by atoms with Crippen LogP contribution in [0.3, 0.4) is 0 Å². The van der Waals surface area contributed by atoms with Crippen LogP contribution in [0, 0.1) is 11.8 Å². The Bertz CT molecular complexity index is 654. The second-order valence-electron chi connectivity index (χ2n) is 5.54. The highest BCUT2D eigenvalue weighted by Crippen LogP contribution is 2.27. The molecule has 2 nitrogen and oxygen atoms in total. The van der Waals surface area contributed by atoms with E-state index < -0.39 is 0 Å². The van der Waals surface area contributed by atoms with Gasteiger partial charge in [-0.05, 0) is 35.2 Å². The van der Waals surface area contributed by atoms with E-state index in [2.05, 4.69) is 48.2 Å². The lowest BCUT2D eigenvalue weighted by Gasteiger charge is -2.09. The molecule has 3 rings (SSSR count). The lowest BCUT2D eigenvalue weighted by Crippen LogP contribution is -1.96. The maximum atomic E-state index is 8.73. The van der Waals surface area contributed by atoms with Gasteiger partial charge in [0, 0.05) is 24.5 Å². The SMILES string of the molecule is OCCC#Cc1ccc(-c2ccc(C3CCOC3)cc2)cc1. The molecule has 0 aromatic heterocycles. The van der Waals surface area contributed by atoms with E-state index in [0.717, 1.165) is 25.2 Å². The average Bonchev–Trinajstić information content (AvgIpc) is 3.11. The summed E-state index contributed by atoms with van der Waals surface area (Å²) in [5.74, 6) is 6.54. The van der Waals surface area contributed by atoms with Crippen molar-refractivity contribution >= 4 is 0 Å². The van der Waals surface area contributed by atoms with Crippen LogP contribution < -0.4 is 0 Å². The van der Waals surface area contributed by atoms with Gasteiger partial charge in [-0.1, -0.05) is 48.2 Å². The maximum absolute atomic E-state index is 8.73. The van der Waals surface area contributed by atoms with Crippen molar-refractivity contribution in [2.24, 2.45) is 0 Å². The Morgan fingerprint density at radius 1 is 1.00 bits per heavy atom. The maximum Gasteiger partial charge on any atom is 0.0540 e. The molecule has 1 aliphatic heterocycles. The predicted octanol–water partition coefficient (Wildman–Crippen LogP) is 3.59. The third kappa shape index (κ3) is 3.57. The third-order valence-corrected chi connectivity index (χ3v) is 4.00. The summed E-state index contributed by atoms with van der Waals surface area (Å²) in [5, 5.41) is 8.73. The summed E-state index contributed by atoms with van der Waals surface area (Å²) >= 11 is 0. The molecule has 1 aliphatic rings. The fraction of sp³-hybridized carbons (Fsp3) is 0.300. The summed E-state index contributed by atoms with van der Waals surface area (Å²) in [7, 11) is 0. The molecule has 1 atom stereocenters. The zero-order valence-electron chi connectivity index (χ0n) is 12.6. The Morgan fingerprint density at radius 3 is 2.27 bits per heavy atom. The van der Waals surface area contributed by atoms with Crippen LogP contribution in [0.15, 0.2) is 48.5 Å². The number of hydrogen-bond donors (Lipinski definition) is 1. The van der Waals surface area contributed by atoms with E-state index in [9.17, 15) is 0 Å². The lowest BCUT2D eigenvalue weighted by atomic mass is 9.95. The number of hydrogen-bond acceptors (Lipinski definition) is 2. The summed E-state index contributed by atoms with van der Waals surface area (Å²) in [6, 6.07) is 17.0. The first-order valence-corrected chi connectivity index (χ1v) is 7.75. The number of benzene rings is 2. The van der Waals surface area contributed by atoms with Crippen molar-refractivity contribution in [2.45, 2.75) is 18.8 Å². The molecule has 0 spiro atoms. The summed E-state index contributed by atoms with van der Waals surface area (Å²) in [6.45, 7) is 1.84. The van der Waals surface area contributed by atoms with E-state index in [1.807, 2.05) is 12.1 Å². The van der Waals surface area contributed by atoms with Gasteiger partial charge in [-0.3, -0.25) is 0 Å². The van der Waals surface area contributed by atoms with Crippen LogP contribution in [0.4, 0.5) is 0 Å². The standard InChI is InChI=1S/C20H20O2/c21-13-2-1-3-16-4-6-17(7-5-16)18-8-10-19(11-9-18)20-12-14-22-15-20/h4-11,20-21H,2,12-15H2. The van der Waals surface area contributed by atoms with Crippen LogP contribution in [0.1, 0.15) is 29.9 Å². The smallest absolute Gasteiger partial charge is 0.0540 e. The van der Waals surface area contributed by atoms with Crippen LogP contribution in [0.5, 0.6) is 0 Å². The van der Waals surface area contributed by atoms with Crippen LogP contribution in [0.2, 0.25) is 0 Å². The monoisotopic (exact) mass is 292 g/mol. The molecule has 112 valence electrons. The number of ether oxygens (including phenoxy) is 1. The number of rotatable bonds is 3. The molecule has 0 saturated carbocycles. The molecule has 0 amide bonds. The first kappa shape index (κ1) is 14.8. The molecule has 1 N–H and O–H groups in total. The normalized spacial score (nSPS) is 17.0. The quantitative estimate of drug-likeness (QED) is 0.876. The van der Waals surface area contributed by atoms with Crippen molar-refractivity contribution in [3.8, 4) is 23.0 Å². The highest BCUT2D eigenvalue weighted by molar-refractivity contribution is 5.64. The third-order valence-electron chi connectivity index (χ3n) is 4.00. The minimum atomic E-state index is 0.115. The van der Waals surface area contributed by atoms with E-state index in [4.69, 9.17) is 9.84 Å². The molecule has 1 unspecified atom stereocenters. The molecular weight excluding hydrogens is 272 g/mol. The molecule has 0 bridgehead atoms. The van der Waals surface area contributed by atoms with Gasteiger partial charge in [0.15, 0.2) is 0 Å². The Labute approximate surface area is 131 Å². The molecule has 0 radical (unpaired) electrons. The first-order valence-electron chi connectivity index (χ1n) is 7.75. The van der Waals surface area contributed by atoms with Crippen molar-refractivity contribution in [3.05, 3.63) is 59.7 Å². The van der Waals surface area contributed by atoms with Crippen molar-refractivity contribution in [1.82, 2.24) is 0 Å². The highest BCUT2D eigenvalue weighted by atomic mass is 16.5. The molecule has 2 aromatic carbocycles. The Hall–Kier alpha value is -2.08. The topological polar surface area (TPSA) is 29.5 Å². The van der Waals surface area contributed by atoms with Gasteiger partial charge in [0.25, 0.3) is 0 Å². The van der Waals surface area contributed by atoms with E-state index in [-0.39, 0.29) is 6.61 Å². The highest BCUT2D eigenvalue weighted by Gasteiger charge is 2.17. The Kier molecular flexibility index (Phi) is 4.90. The minimum absolute atomic E-state index is 0.115. The van der Waals surface area contributed by atoms with Gasteiger partial charge < -0.3 is 9.84 Å². The van der Waals surface area contributed by atoms with E-state index in [1.165, 1.54) is 16.7 Å². The fourth-order valence-corrected chi connectivity index (χ4v) is 2.71. The summed E-state index contributed by atoms with van der Waals surface area (Å²) in [6.07, 6.45) is 1.65. The molecule has 22 heavy (non-hydrogen) atoms.